The predicted molar refractivity (Wildman–Crippen MR) is 50.2 cm³/mol. The highest BCUT2D eigenvalue weighted by Crippen LogP contribution is 1.70. The first-order chi connectivity index (χ1) is 5.81. The van der Waals surface area contributed by atoms with E-state index in [0.717, 1.165) is 26.1 Å². The summed E-state index contributed by atoms with van der Waals surface area (Å²) < 4.78 is 0. The first kappa shape index (κ1) is 11.2. The number of hydrogen-bond donors (Lipinski definition) is 3. The molecule has 0 rings (SSSR count). The van der Waals surface area contributed by atoms with Crippen LogP contribution >= 0.6 is 0 Å². The van der Waals surface area contributed by atoms with Gasteiger partial charge in [0.15, 0.2) is 0 Å². The predicted octanol–water partition coefficient (Wildman–Crippen LogP) is 0.305. The molecule has 0 fully saturated rings. The normalized spacial score (nSPS) is 9.50. The highest BCUT2D eigenvalue weighted by Gasteiger charge is 1.95. The van der Waals surface area contributed by atoms with E-state index < -0.39 is 0 Å². The van der Waals surface area contributed by atoms with E-state index in [2.05, 4.69) is 16.0 Å². The lowest BCUT2D eigenvalue weighted by molar-refractivity contribution is 0.241. The van der Waals surface area contributed by atoms with Crippen molar-refractivity contribution in [3.8, 4) is 0 Å². The van der Waals surface area contributed by atoms with Gasteiger partial charge in [0.2, 0.25) is 0 Å². The molecule has 0 bridgehead atoms. The fraction of sp³-hybridized carbons (Fsp3) is 0.875. The molecule has 72 valence electrons. The summed E-state index contributed by atoms with van der Waals surface area (Å²) in [6, 6.07) is -0.0743. The minimum atomic E-state index is -0.0743. The van der Waals surface area contributed by atoms with Crippen molar-refractivity contribution in [3.05, 3.63) is 0 Å². The fourth-order valence-electron chi connectivity index (χ4n) is 0.742. The zero-order chi connectivity index (χ0) is 9.23. The number of rotatable bonds is 6. The second-order valence-corrected chi connectivity index (χ2v) is 2.54. The minimum Gasteiger partial charge on any atom is -0.338 e. The van der Waals surface area contributed by atoms with Crippen LogP contribution in [-0.2, 0) is 0 Å². The lowest BCUT2D eigenvalue weighted by Crippen LogP contribution is -2.39. The Bertz CT molecular complexity index is 117. The van der Waals surface area contributed by atoms with Crippen molar-refractivity contribution in [2.24, 2.45) is 0 Å². The van der Waals surface area contributed by atoms with Crippen molar-refractivity contribution in [1.82, 2.24) is 16.0 Å². The van der Waals surface area contributed by atoms with Crippen LogP contribution in [0.15, 0.2) is 0 Å². The van der Waals surface area contributed by atoms with E-state index in [-0.39, 0.29) is 6.03 Å². The van der Waals surface area contributed by atoms with Gasteiger partial charge in [-0.2, -0.15) is 0 Å². The summed E-state index contributed by atoms with van der Waals surface area (Å²) in [6.45, 7) is 7.26. The third kappa shape index (κ3) is 7.34. The quantitative estimate of drug-likeness (QED) is 0.506. The largest absolute Gasteiger partial charge is 0.338 e. The monoisotopic (exact) mass is 173 g/mol. The van der Waals surface area contributed by atoms with E-state index in [0.29, 0.717) is 6.54 Å². The van der Waals surface area contributed by atoms with E-state index in [1.54, 1.807) is 0 Å². The van der Waals surface area contributed by atoms with Gasteiger partial charge in [-0.25, -0.2) is 4.79 Å². The second-order valence-electron chi connectivity index (χ2n) is 2.54. The highest BCUT2D eigenvalue weighted by molar-refractivity contribution is 5.73. The summed E-state index contributed by atoms with van der Waals surface area (Å²) >= 11 is 0. The molecule has 0 unspecified atom stereocenters. The Hall–Kier alpha value is -0.770. The summed E-state index contributed by atoms with van der Waals surface area (Å²) in [5.41, 5.74) is 0. The van der Waals surface area contributed by atoms with Crippen LogP contribution in [0.5, 0.6) is 0 Å². The van der Waals surface area contributed by atoms with Crippen molar-refractivity contribution in [1.29, 1.82) is 0 Å². The molecule has 0 saturated heterocycles. The molecule has 0 radical (unpaired) electrons. The Morgan fingerprint density at radius 2 is 1.75 bits per heavy atom. The first-order valence-electron chi connectivity index (χ1n) is 4.53. The Labute approximate surface area is 74.1 Å². The van der Waals surface area contributed by atoms with Crippen molar-refractivity contribution < 1.29 is 4.79 Å². The molecular formula is C8H19N3O. The molecule has 0 aliphatic heterocycles. The number of amides is 2. The van der Waals surface area contributed by atoms with E-state index in [1.165, 1.54) is 0 Å². The summed E-state index contributed by atoms with van der Waals surface area (Å²) in [5.74, 6) is 0. The third-order valence-corrected chi connectivity index (χ3v) is 1.37. The first-order valence-corrected chi connectivity index (χ1v) is 4.53. The van der Waals surface area contributed by atoms with Crippen molar-refractivity contribution in [2.45, 2.75) is 20.3 Å². The van der Waals surface area contributed by atoms with Gasteiger partial charge in [-0.3, -0.25) is 0 Å². The standard InChI is InChI=1S/C8H19N3O/c1-3-5-10-8(12)11-7-6-9-4-2/h9H,3-7H2,1-2H3,(H2,10,11,12). The van der Waals surface area contributed by atoms with Gasteiger partial charge in [0.1, 0.15) is 0 Å². The summed E-state index contributed by atoms with van der Waals surface area (Å²) in [5, 5.41) is 8.59. The van der Waals surface area contributed by atoms with Crippen LogP contribution < -0.4 is 16.0 Å². The zero-order valence-electron chi connectivity index (χ0n) is 7.94. The zero-order valence-corrected chi connectivity index (χ0v) is 7.94. The highest BCUT2D eigenvalue weighted by atomic mass is 16.2. The minimum absolute atomic E-state index is 0.0743. The Morgan fingerprint density at radius 3 is 2.33 bits per heavy atom. The molecule has 0 aromatic heterocycles. The molecule has 0 aliphatic carbocycles. The lowest BCUT2D eigenvalue weighted by atomic mass is 10.5. The number of urea groups is 1. The SMILES string of the molecule is CCCNC(=O)NCCNCC. The van der Waals surface area contributed by atoms with E-state index in [9.17, 15) is 4.79 Å². The van der Waals surface area contributed by atoms with Crippen LogP contribution in [-0.4, -0.2) is 32.2 Å². The van der Waals surface area contributed by atoms with Gasteiger partial charge >= 0.3 is 6.03 Å². The van der Waals surface area contributed by atoms with Gasteiger partial charge in [0.05, 0.1) is 0 Å². The maximum atomic E-state index is 10.9. The van der Waals surface area contributed by atoms with Crippen molar-refractivity contribution in [2.75, 3.05) is 26.2 Å². The molecule has 3 N–H and O–H groups in total. The van der Waals surface area contributed by atoms with Crippen LogP contribution in [0.25, 0.3) is 0 Å². The average molecular weight is 173 g/mol. The Balaban J connectivity index is 3.08. The molecule has 0 spiro atoms. The van der Waals surface area contributed by atoms with Gasteiger partial charge in [0.25, 0.3) is 0 Å². The molecule has 0 heterocycles. The second kappa shape index (κ2) is 8.33. The average Bonchev–Trinajstić information content (AvgIpc) is 2.09. The van der Waals surface area contributed by atoms with Crippen LogP contribution in [0.2, 0.25) is 0 Å². The molecule has 0 aromatic rings. The summed E-state index contributed by atoms with van der Waals surface area (Å²) in [7, 11) is 0. The summed E-state index contributed by atoms with van der Waals surface area (Å²) in [4.78, 5) is 10.9. The molecule has 2 amide bonds. The van der Waals surface area contributed by atoms with E-state index >= 15 is 0 Å². The molecule has 0 saturated carbocycles. The van der Waals surface area contributed by atoms with Gasteiger partial charge in [-0.15, -0.1) is 0 Å². The Kier molecular flexibility index (Phi) is 7.79. The number of hydrogen-bond acceptors (Lipinski definition) is 2. The molecule has 0 aromatic carbocycles. The van der Waals surface area contributed by atoms with Gasteiger partial charge < -0.3 is 16.0 Å². The molecule has 12 heavy (non-hydrogen) atoms. The third-order valence-electron chi connectivity index (χ3n) is 1.37. The van der Waals surface area contributed by atoms with Gasteiger partial charge in [0, 0.05) is 19.6 Å². The Morgan fingerprint density at radius 1 is 1.08 bits per heavy atom. The topological polar surface area (TPSA) is 53.2 Å². The van der Waals surface area contributed by atoms with Crippen LogP contribution in [0.4, 0.5) is 4.79 Å². The molecule has 4 nitrogen and oxygen atoms in total. The van der Waals surface area contributed by atoms with Gasteiger partial charge in [-0.05, 0) is 13.0 Å². The lowest BCUT2D eigenvalue weighted by Gasteiger charge is -2.06. The number of carbonyl (C=O) groups excluding carboxylic acids is 1. The maximum absolute atomic E-state index is 10.9. The summed E-state index contributed by atoms with van der Waals surface area (Å²) in [6.07, 6.45) is 0.973. The maximum Gasteiger partial charge on any atom is 0.314 e. The van der Waals surface area contributed by atoms with Crippen LogP contribution in [0, 0.1) is 0 Å². The number of likely N-dealkylation sites (N-methyl/N-ethyl adjacent to an activating group) is 1. The number of carbonyl (C=O) groups is 1. The molecule has 4 heteroatoms. The van der Waals surface area contributed by atoms with Crippen LogP contribution in [0.3, 0.4) is 0 Å². The molecule has 0 aliphatic rings. The van der Waals surface area contributed by atoms with Crippen LogP contribution in [0.1, 0.15) is 20.3 Å². The smallest absolute Gasteiger partial charge is 0.314 e. The molecule has 0 atom stereocenters. The number of nitrogens with one attached hydrogen (secondary N) is 3. The van der Waals surface area contributed by atoms with Crippen molar-refractivity contribution >= 4 is 6.03 Å². The van der Waals surface area contributed by atoms with Crippen molar-refractivity contribution in [3.63, 3.8) is 0 Å². The van der Waals surface area contributed by atoms with E-state index in [1.807, 2.05) is 13.8 Å². The van der Waals surface area contributed by atoms with Gasteiger partial charge in [-0.1, -0.05) is 13.8 Å². The fourth-order valence-corrected chi connectivity index (χ4v) is 0.742. The van der Waals surface area contributed by atoms with E-state index in [4.69, 9.17) is 0 Å². The molecular weight excluding hydrogens is 154 g/mol.